The van der Waals surface area contributed by atoms with Crippen molar-refractivity contribution in [2.45, 2.75) is 52.5 Å². The van der Waals surface area contributed by atoms with Gasteiger partial charge in [0.15, 0.2) is 0 Å². The summed E-state index contributed by atoms with van der Waals surface area (Å²) in [6.45, 7) is 17.8. The van der Waals surface area contributed by atoms with Gasteiger partial charge >= 0.3 is 0 Å². The first kappa shape index (κ1) is 30.4. The molecule has 41 heavy (non-hydrogen) atoms. The summed E-state index contributed by atoms with van der Waals surface area (Å²) in [6, 6.07) is 17.1. The zero-order valence-corrected chi connectivity index (χ0v) is 26.7. The molecule has 1 N–H and O–H groups in total. The third-order valence-corrected chi connectivity index (χ3v) is 7.91. The van der Waals surface area contributed by atoms with Crippen molar-refractivity contribution in [3.8, 4) is 5.75 Å². The topological polar surface area (TPSA) is 60.0 Å². The Balaban J connectivity index is 1.65. The van der Waals surface area contributed by atoms with E-state index in [1.807, 2.05) is 12.1 Å². The first-order valence-corrected chi connectivity index (χ1v) is 14.6. The van der Waals surface area contributed by atoms with E-state index in [4.69, 9.17) is 14.7 Å². The van der Waals surface area contributed by atoms with E-state index in [0.29, 0.717) is 0 Å². The minimum absolute atomic E-state index is 0.0632. The summed E-state index contributed by atoms with van der Waals surface area (Å²) in [6.07, 6.45) is 0. The summed E-state index contributed by atoms with van der Waals surface area (Å²) < 4.78 is 5.37. The molecule has 0 amide bonds. The maximum Gasteiger partial charge on any atom is 0.229 e. The van der Waals surface area contributed by atoms with Crippen molar-refractivity contribution in [2.24, 2.45) is 0 Å². The lowest BCUT2D eigenvalue weighted by Crippen LogP contribution is -2.60. The Labute approximate surface area is 247 Å². The summed E-state index contributed by atoms with van der Waals surface area (Å²) in [7, 11) is 8.01. The molecule has 0 saturated carbocycles. The van der Waals surface area contributed by atoms with Gasteiger partial charge in [0.1, 0.15) is 17.4 Å². The zero-order valence-electron chi connectivity index (χ0n) is 26.7. The second-order valence-corrected chi connectivity index (χ2v) is 13.1. The van der Waals surface area contributed by atoms with Crippen LogP contribution in [-0.2, 0) is 5.41 Å². The van der Waals surface area contributed by atoms with E-state index in [0.717, 1.165) is 61.7 Å². The molecule has 2 heterocycles. The molecule has 2 aromatic carbocycles. The molecule has 1 aromatic heterocycles. The van der Waals surface area contributed by atoms with Crippen LogP contribution in [0.5, 0.6) is 5.75 Å². The monoisotopic (exact) mass is 559 g/mol. The second-order valence-electron chi connectivity index (χ2n) is 13.1. The summed E-state index contributed by atoms with van der Waals surface area (Å²) >= 11 is 0. The number of methoxy groups -OCH3 is 1. The van der Waals surface area contributed by atoms with Crippen molar-refractivity contribution in [3.05, 3.63) is 59.7 Å². The summed E-state index contributed by atoms with van der Waals surface area (Å²) in [5.41, 5.74) is 4.70. The standard InChI is InChI=1S/C33H49N7O/c1-24-11-12-25(32(2,3)4)21-28(24)34-29-22-30(38(9)18-17-37(7)8)36-31(35-29)39-19-20-40(33(5,6)23-39)26-13-15-27(41-10)16-14-26/h11-16,21-22H,17-20,23H2,1-10H3,(H,34,35,36). The van der Waals surface area contributed by atoms with Crippen LogP contribution in [0.25, 0.3) is 0 Å². The van der Waals surface area contributed by atoms with Crippen LogP contribution in [0.1, 0.15) is 45.7 Å². The maximum absolute atomic E-state index is 5.37. The van der Waals surface area contributed by atoms with Crippen LogP contribution in [0, 0.1) is 6.92 Å². The van der Waals surface area contributed by atoms with Crippen molar-refractivity contribution in [1.82, 2.24) is 14.9 Å². The molecule has 1 saturated heterocycles. The Morgan fingerprint density at radius 3 is 2.27 bits per heavy atom. The van der Waals surface area contributed by atoms with E-state index in [9.17, 15) is 0 Å². The van der Waals surface area contributed by atoms with Crippen LogP contribution < -0.4 is 24.8 Å². The number of rotatable bonds is 9. The zero-order chi connectivity index (χ0) is 29.9. The van der Waals surface area contributed by atoms with Gasteiger partial charge < -0.3 is 29.7 Å². The molecule has 3 aromatic rings. The number of anilines is 5. The molecule has 0 spiro atoms. The predicted molar refractivity (Wildman–Crippen MR) is 174 cm³/mol. The third kappa shape index (κ3) is 7.41. The van der Waals surface area contributed by atoms with E-state index in [2.05, 4.69) is 124 Å². The van der Waals surface area contributed by atoms with Gasteiger partial charge in [-0.1, -0.05) is 32.9 Å². The number of hydrogen-bond acceptors (Lipinski definition) is 8. The lowest BCUT2D eigenvalue weighted by atomic mass is 9.86. The largest absolute Gasteiger partial charge is 0.497 e. The molecule has 8 heteroatoms. The first-order valence-electron chi connectivity index (χ1n) is 14.6. The number of hydrogen-bond donors (Lipinski definition) is 1. The SMILES string of the molecule is COc1ccc(N2CCN(c3nc(Nc4cc(C(C)(C)C)ccc4C)cc(N(C)CCN(C)C)n3)CC2(C)C)cc1. The molecule has 0 bridgehead atoms. The summed E-state index contributed by atoms with van der Waals surface area (Å²) in [4.78, 5) is 19.4. The Morgan fingerprint density at radius 2 is 1.66 bits per heavy atom. The van der Waals surface area contributed by atoms with E-state index in [1.165, 1.54) is 16.8 Å². The Kier molecular flexibility index (Phi) is 9.02. The highest BCUT2D eigenvalue weighted by atomic mass is 16.5. The van der Waals surface area contributed by atoms with Crippen molar-refractivity contribution in [2.75, 3.05) is 81.0 Å². The molecule has 0 radical (unpaired) electrons. The average molecular weight is 560 g/mol. The van der Waals surface area contributed by atoms with Crippen LogP contribution in [0.3, 0.4) is 0 Å². The van der Waals surface area contributed by atoms with Crippen LogP contribution in [0.15, 0.2) is 48.5 Å². The molecule has 1 aliphatic rings. The van der Waals surface area contributed by atoms with E-state index in [1.54, 1.807) is 7.11 Å². The molecule has 0 atom stereocenters. The molecule has 0 unspecified atom stereocenters. The number of aryl methyl sites for hydroxylation is 1. The van der Waals surface area contributed by atoms with Crippen LogP contribution >= 0.6 is 0 Å². The van der Waals surface area contributed by atoms with Crippen molar-refractivity contribution >= 4 is 29.0 Å². The van der Waals surface area contributed by atoms with Gasteiger partial charge in [-0.25, -0.2) is 0 Å². The minimum Gasteiger partial charge on any atom is -0.497 e. The number of aromatic nitrogens is 2. The normalized spacial score (nSPS) is 15.3. The maximum atomic E-state index is 5.37. The van der Waals surface area contributed by atoms with Crippen LogP contribution in [0.4, 0.5) is 29.0 Å². The number of nitrogens with zero attached hydrogens (tertiary/aromatic N) is 6. The third-order valence-electron chi connectivity index (χ3n) is 7.91. The molecule has 1 aliphatic heterocycles. The Morgan fingerprint density at radius 1 is 0.951 bits per heavy atom. The molecular formula is C33H49N7O. The first-order chi connectivity index (χ1) is 19.3. The number of ether oxygens (including phenoxy) is 1. The molecule has 4 rings (SSSR count). The lowest BCUT2D eigenvalue weighted by Gasteiger charge is -2.48. The van der Waals surface area contributed by atoms with E-state index < -0.39 is 0 Å². The van der Waals surface area contributed by atoms with Gasteiger partial charge in [-0.3, -0.25) is 0 Å². The van der Waals surface area contributed by atoms with Crippen molar-refractivity contribution < 1.29 is 4.74 Å². The molecule has 8 nitrogen and oxygen atoms in total. The molecular weight excluding hydrogens is 510 g/mol. The number of piperazine rings is 1. The van der Waals surface area contributed by atoms with Crippen molar-refractivity contribution in [1.29, 1.82) is 0 Å². The van der Waals surface area contributed by atoms with Gasteiger partial charge in [-0.2, -0.15) is 9.97 Å². The highest BCUT2D eigenvalue weighted by Crippen LogP contribution is 2.33. The van der Waals surface area contributed by atoms with Gasteiger partial charge in [0.2, 0.25) is 5.95 Å². The molecule has 0 aliphatic carbocycles. The quantitative estimate of drug-likeness (QED) is 0.346. The van der Waals surface area contributed by atoms with Gasteiger partial charge in [-0.05, 0) is 81.7 Å². The lowest BCUT2D eigenvalue weighted by molar-refractivity contribution is 0.407. The van der Waals surface area contributed by atoms with Gasteiger partial charge in [0.25, 0.3) is 0 Å². The van der Waals surface area contributed by atoms with E-state index >= 15 is 0 Å². The number of likely N-dealkylation sites (N-methyl/N-ethyl adjacent to an activating group) is 2. The molecule has 1 fully saturated rings. The Hall–Kier alpha value is -3.52. The second kappa shape index (κ2) is 12.1. The number of nitrogens with one attached hydrogen (secondary N) is 1. The minimum atomic E-state index is -0.117. The van der Waals surface area contributed by atoms with E-state index in [-0.39, 0.29) is 11.0 Å². The predicted octanol–water partition coefficient (Wildman–Crippen LogP) is 5.94. The van der Waals surface area contributed by atoms with Gasteiger partial charge in [0.05, 0.1) is 12.6 Å². The average Bonchev–Trinajstić information content (AvgIpc) is 2.91. The van der Waals surface area contributed by atoms with Crippen LogP contribution in [0.2, 0.25) is 0 Å². The van der Waals surface area contributed by atoms with Crippen molar-refractivity contribution in [3.63, 3.8) is 0 Å². The molecule has 222 valence electrons. The highest BCUT2D eigenvalue weighted by Gasteiger charge is 2.35. The highest BCUT2D eigenvalue weighted by molar-refractivity contribution is 5.66. The van der Waals surface area contributed by atoms with Gasteiger partial charge in [-0.15, -0.1) is 0 Å². The Bertz CT molecular complexity index is 1310. The fourth-order valence-corrected chi connectivity index (χ4v) is 5.22. The summed E-state index contributed by atoms with van der Waals surface area (Å²) in [5.74, 6) is 3.36. The fraction of sp³-hybridized carbons (Fsp3) is 0.515. The smallest absolute Gasteiger partial charge is 0.229 e. The fourth-order valence-electron chi connectivity index (χ4n) is 5.22. The number of benzene rings is 2. The van der Waals surface area contributed by atoms with Gasteiger partial charge in [0, 0.05) is 57.2 Å². The summed E-state index contributed by atoms with van der Waals surface area (Å²) in [5, 5.41) is 3.65. The van der Waals surface area contributed by atoms with Crippen LogP contribution in [-0.4, -0.2) is 81.4 Å².